The van der Waals surface area contributed by atoms with Gasteiger partial charge in [-0.1, -0.05) is 60.7 Å². The van der Waals surface area contributed by atoms with E-state index in [4.69, 9.17) is 9.47 Å². The molecular weight excluding hydrogens is 312 g/mol. The molecular formula is C22H26O3. The highest BCUT2D eigenvalue weighted by molar-refractivity contribution is 5.72. The van der Waals surface area contributed by atoms with Crippen LogP contribution in [0.25, 0.3) is 0 Å². The SMILES string of the molecule is O=C(OCc1ccccc1)C1CCC(COCc2ccccc2)CC1. The Kier molecular flexibility index (Phi) is 6.63. The van der Waals surface area contributed by atoms with E-state index in [0.29, 0.717) is 19.1 Å². The first kappa shape index (κ1) is 17.7. The summed E-state index contributed by atoms with van der Waals surface area (Å²) in [5.74, 6) is 0.559. The van der Waals surface area contributed by atoms with E-state index < -0.39 is 0 Å². The molecule has 1 aliphatic rings. The van der Waals surface area contributed by atoms with E-state index >= 15 is 0 Å². The summed E-state index contributed by atoms with van der Waals surface area (Å²) in [5, 5.41) is 0. The van der Waals surface area contributed by atoms with Crippen LogP contribution in [0.4, 0.5) is 0 Å². The van der Waals surface area contributed by atoms with Crippen LogP contribution in [-0.4, -0.2) is 12.6 Å². The second kappa shape index (κ2) is 9.38. The van der Waals surface area contributed by atoms with Crippen molar-refractivity contribution in [2.75, 3.05) is 6.61 Å². The van der Waals surface area contributed by atoms with Crippen LogP contribution in [0.2, 0.25) is 0 Å². The molecule has 2 aromatic rings. The van der Waals surface area contributed by atoms with Crippen molar-refractivity contribution in [3.05, 3.63) is 71.8 Å². The molecule has 0 heterocycles. The van der Waals surface area contributed by atoms with Crippen LogP contribution in [0.5, 0.6) is 0 Å². The standard InChI is InChI=1S/C22H26O3/c23-22(25-17-19-9-5-2-6-10-19)21-13-11-20(12-14-21)16-24-15-18-7-3-1-4-8-18/h1-10,20-21H,11-17H2. The fourth-order valence-corrected chi connectivity index (χ4v) is 3.33. The van der Waals surface area contributed by atoms with Gasteiger partial charge in [0.15, 0.2) is 0 Å². The number of benzene rings is 2. The molecule has 1 fully saturated rings. The van der Waals surface area contributed by atoms with E-state index in [-0.39, 0.29) is 11.9 Å². The summed E-state index contributed by atoms with van der Waals surface area (Å²) in [6.07, 6.45) is 3.90. The second-order valence-corrected chi connectivity index (χ2v) is 6.81. The highest BCUT2D eigenvalue weighted by Crippen LogP contribution is 2.30. The van der Waals surface area contributed by atoms with E-state index in [0.717, 1.165) is 37.9 Å². The molecule has 1 aliphatic carbocycles. The van der Waals surface area contributed by atoms with E-state index in [1.807, 2.05) is 48.5 Å². The lowest BCUT2D eigenvalue weighted by Gasteiger charge is -2.27. The average Bonchev–Trinajstić information content (AvgIpc) is 2.68. The third-order valence-corrected chi connectivity index (χ3v) is 4.87. The van der Waals surface area contributed by atoms with Gasteiger partial charge in [0.2, 0.25) is 0 Å². The van der Waals surface area contributed by atoms with Gasteiger partial charge >= 0.3 is 5.97 Å². The molecule has 0 aromatic heterocycles. The molecule has 0 aliphatic heterocycles. The van der Waals surface area contributed by atoms with Gasteiger partial charge in [0.05, 0.1) is 12.5 Å². The van der Waals surface area contributed by atoms with E-state index in [1.54, 1.807) is 0 Å². The summed E-state index contributed by atoms with van der Waals surface area (Å²) < 4.78 is 11.3. The topological polar surface area (TPSA) is 35.5 Å². The summed E-state index contributed by atoms with van der Waals surface area (Å²) in [6, 6.07) is 20.1. The Morgan fingerprint density at radius 1 is 0.800 bits per heavy atom. The van der Waals surface area contributed by atoms with Gasteiger partial charge in [-0.05, 0) is 42.7 Å². The Balaban J connectivity index is 1.33. The minimum Gasteiger partial charge on any atom is -0.461 e. The minimum absolute atomic E-state index is 0.0486. The zero-order valence-corrected chi connectivity index (χ0v) is 14.6. The lowest BCUT2D eigenvalue weighted by atomic mass is 9.82. The fourth-order valence-electron chi connectivity index (χ4n) is 3.33. The maximum absolute atomic E-state index is 12.2. The summed E-state index contributed by atoms with van der Waals surface area (Å²) in [6.45, 7) is 1.82. The molecule has 25 heavy (non-hydrogen) atoms. The normalized spacial score (nSPS) is 20.2. The maximum Gasteiger partial charge on any atom is 0.309 e. The lowest BCUT2D eigenvalue weighted by Crippen LogP contribution is -2.25. The number of carbonyl (C=O) groups excluding carboxylic acids is 1. The van der Waals surface area contributed by atoms with Gasteiger partial charge in [-0.3, -0.25) is 4.79 Å². The monoisotopic (exact) mass is 338 g/mol. The van der Waals surface area contributed by atoms with Crippen LogP contribution in [0.1, 0.15) is 36.8 Å². The number of hydrogen-bond acceptors (Lipinski definition) is 3. The first-order valence-electron chi connectivity index (χ1n) is 9.13. The maximum atomic E-state index is 12.2. The molecule has 132 valence electrons. The summed E-state index contributed by atoms with van der Waals surface area (Å²) in [7, 11) is 0. The summed E-state index contributed by atoms with van der Waals surface area (Å²) in [4.78, 5) is 12.2. The molecule has 0 saturated heterocycles. The third-order valence-electron chi connectivity index (χ3n) is 4.87. The molecule has 0 N–H and O–H groups in total. The Bertz CT molecular complexity index is 631. The smallest absolute Gasteiger partial charge is 0.309 e. The van der Waals surface area contributed by atoms with Gasteiger partial charge in [0.1, 0.15) is 6.61 Å². The predicted molar refractivity (Wildman–Crippen MR) is 97.8 cm³/mol. The second-order valence-electron chi connectivity index (χ2n) is 6.81. The van der Waals surface area contributed by atoms with Crippen molar-refractivity contribution in [1.82, 2.24) is 0 Å². The summed E-state index contributed by atoms with van der Waals surface area (Å²) >= 11 is 0. The zero-order chi connectivity index (χ0) is 17.3. The van der Waals surface area contributed by atoms with Crippen LogP contribution in [0.15, 0.2) is 60.7 Å². The van der Waals surface area contributed by atoms with Gasteiger partial charge in [0.25, 0.3) is 0 Å². The molecule has 2 aromatic carbocycles. The molecule has 0 radical (unpaired) electrons. The summed E-state index contributed by atoms with van der Waals surface area (Å²) in [5.41, 5.74) is 2.25. The Morgan fingerprint density at radius 2 is 1.36 bits per heavy atom. The molecule has 0 atom stereocenters. The first-order chi connectivity index (χ1) is 12.3. The van der Waals surface area contributed by atoms with Crippen LogP contribution in [-0.2, 0) is 27.5 Å². The largest absolute Gasteiger partial charge is 0.461 e. The van der Waals surface area contributed by atoms with Gasteiger partial charge in [0, 0.05) is 6.61 Å². The minimum atomic E-state index is -0.0486. The van der Waals surface area contributed by atoms with Gasteiger partial charge < -0.3 is 9.47 Å². The number of carbonyl (C=O) groups is 1. The average molecular weight is 338 g/mol. The molecule has 0 bridgehead atoms. The van der Waals surface area contributed by atoms with Gasteiger partial charge in [-0.25, -0.2) is 0 Å². The first-order valence-corrected chi connectivity index (χ1v) is 9.13. The fraction of sp³-hybridized carbons (Fsp3) is 0.409. The van der Waals surface area contributed by atoms with Crippen LogP contribution in [0, 0.1) is 11.8 Å². The lowest BCUT2D eigenvalue weighted by molar-refractivity contribution is -0.151. The molecule has 0 amide bonds. The van der Waals surface area contributed by atoms with E-state index in [2.05, 4.69) is 12.1 Å². The highest BCUT2D eigenvalue weighted by atomic mass is 16.5. The van der Waals surface area contributed by atoms with Crippen LogP contribution in [0.3, 0.4) is 0 Å². The Labute approximate surface area is 150 Å². The van der Waals surface area contributed by atoms with E-state index in [9.17, 15) is 4.79 Å². The molecule has 3 heteroatoms. The molecule has 0 unspecified atom stereocenters. The third kappa shape index (κ3) is 5.71. The van der Waals surface area contributed by atoms with Crippen molar-refractivity contribution >= 4 is 5.97 Å². The molecule has 3 nitrogen and oxygen atoms in total. The van der Waals surface area contributed by atoms with Gasteiger partial charge in [-0.2, -0.15) is 0 Å². The van der Waals surface area contributed by atoms with Crippen molar-refractivity contribution in [3.8, 4) is 0 Å². The zero-order valence-electron chi connectivity index (χ0n) is 14.6. The number of rotatable bonds is 7. The number of hydrogen-bond donors (Lipinski definition) is 0. The number of ether oxygens (including phenoxy) is 2. The van der Waals surface area contributed by atoms with Crippen molar-refractivity contribution in [2.45, 2.75) is 38.9 Å². The quantitative estimate of drug-likeness (QED) is 0.683. The van der Waals surface area contributed by atoms with E-state index in [1.165, 1.54) is 5.56 Å². The molecule has 0 spiro atoms. The van der Waals surface area contributed by atoms with Gasteiger partial charge in [-0.15, -0.1) is 0 Å². The van der Waals surface area contributed by atoms with Crippen molar-refractivity contribution in [3.63, 3.8) is 0 Å². The molecule has 3 rings (SSSR count). The van der Waals surface area contributed by atoms with Crippen LogP contribution < -0.4 is 0 Å². The van der Waals surface area contributed by atoms with Crippen molar-refractivity contribution in [2.24, 2.45) is 11.8 Å². The molecule has 1 saturated carbocycles. The Hall–Kier alpha value is -2.13. The van der Waals surface area contributed by atoms with Crippen LogP contribution >= 0.6 is 0 Å². The number of esters is 1. The Morgan fingerprint density at radius 3 is 1.96 bits per heavy atom. The van der Waals surface area contributed by atoms with Crippen molar-refractivity contribution in [1.29, 1.82) is 0 Å². The highest BCUT2D eigenvalue weighted by Gasteiger charge is 2.27. The predicted octanol–water partition coefficient (Wildman–Crippen LogP) is 4.75. The van der Waals surface area contributed by atoms with Crippen molar-refractivity contribution < 1.29 is 14.3 Å².